The van der Waals surface area contributed by atoms with E-state index in [2.05, 4.69) is 0 Å². The predicted octanol–water partition coefficient (Wildman–Crippen LogP) is 2.85. The van der Waals surface area contributed by atoms with Crippen molar-refractivity contribution in [2.75, 3.05) is 7.11 Å². The summed E-state index contributed by atoms with van der Waals surface area (Å²) in [5.41, 5.74) is 0.693. The lowest BCUT2D eigenvalue weighted by molar-refractivity contribution is -0.147. The minimum Gasteiger partial charge on any atom is -0.469 e. The van der Waals surface area contributed by atoms with Crippen LogP contribution in [0.25, 0.3) is 0 Å². The van der Waals surface area contributed by atoms with E-state index in [0.29, 0.717) is 5.56 Å². The zero-order chi connectivity index (χ0) is 13.0. The second-order valence-corrected chi connectivity index (χ2v) is 4.75. The van der Waals surface area contributed by atoms with Crippen LogP contribution in [0.15, 0.2) is 30.3 Å². The van der Waals surface area contributed by atoms with Crippen molar-refractivity contribution in [1.29, 1.82) is 0 Å². The molecule has 0 N–H and O–H groups in total. The molecule has 0 heterocycles. The molecule has 1 aliphatic rings. The Kier molecular flexibility index (Phi) is 4.13. The fraction of sp³-hybridized carbons (Fsp3) is 0.467. The molecule has 0 amide bonds. The van der Waals surface area contributed by atoms with Gasteiger partial charge in [0.25, 0.3) is 0 Å². The molecule has 1 saturated carbocycles. The number of ketones is 1. The van der Waals surface area contributed by atoms with Crippen LogP contribution in [0, 0.1) is 11.8 Å². The van der Waals surface area contributed by atoms with Crippen molar-refractivity contribution in [3.63, 3.8) is 0 Å². The Balaban J connectivity index is 2.19. The number of hydrogen-bond donors (Lipinski definition) is 0. The first-order valence-electron chi connectivity index (χ1n) is 6.41. The molecule has 2 rings (SSSR count). The summed E-state index contributed by atoms with van der Waals surface area (Å²) in [4.78, 5) is 24.2. The fourth-order valence-corrected chi connectivity index (χ4v) is 2.69. The molecule has 0 aromatic heterocycles. The molecule has 0 aliphatic heterocycles. The molecular weight excluding hydrogens is 228 g/mol. The van der Waals surface area contributed by atoms with Gasteiger partial charge < -0.3 is 4.74 Å². The topological polar surface area (TPSA) is 43.4 Å². The van der Waals surface area contributed by atoms with Gasteiger partial charge in [0, 0.05) is 11.5 Å². The van der Waals surface area contributed by atoms with Crippen molar-refractivity contribution in [3.05, 3.63) is 35.9 Å². The van der Waals surface area contributed by atoms with Gasteiger partial charge in [-0.1, -0.05) is 43.2 Å². The molecule has 0 radical (unpaired) electrons. The molecule has 96 valence electrons. The predicted molar refractivity (Wildman–Crippen MR) is 68.2 cm³/mol. The van der Waals surface area contributed by atoms with Crippen LogP contribution in [0.4, 0.5) is 0 Å². The van der Waals surface area contributed by atoms with Crippen molar-refractivity contribution >= 4 is 11.8 Å². The zero-order valence-corrected chi connectivity index (χ0v) is 10.6. The highest BCUT2D eigenvalue weighted by Gasteiger charge is 2.36. The molecule has 3 heteroatoms. The maximum atomic E-state index is 12.4. The van der Waals surface area contributed by atoms with Crippen LogP contribution in [-0.2, 0) is 9.53 Å². The van der Waals surface area contributed by atoms with Crippen molar-refractivity contribution in [3.8, 4) is 0 Å². The number of rotatable bonds is 3. The molecule has 1 aliphatic carbocycles. The molecule has 1 aromatic rings. The number of ether oxygens (including phenoxy) is 1. The summed E-state index contributed by atoms with van der Waals surface area (Å²) < 4.78 is 4.81. The maximum absolute atomic E-state index is 12.4. The third-order valence-electron chi connectivity index (χ3n) is 3.66. The average molecular weight is 246 g/mol. The Morgan fingerprint density at radius 2 is 1.67 bits per heavy atom. The van der Waals surface area contributed by atoms with Crippen LogP contribution in [0.5, 0.6) is 0 Å². The molecule has 1 aromatic carbocycles. The lowest BCUT2D eigenvalue weighted by Crippen LogP contribution is -2.33. The van der Waals surface area contributed by atoms with Crippen LogP contribution in [0.3, 0.4) is 0 Å². The van der Waals surface area contributed by atoms with Gasteiger partial charge in [0.15, 0.2) is 5.78 Å². The van der Waals surface area contributed by atoms with E-state index in [1.165, 1.54) is 7.11 Å². The van der Waals surface area contributed by atoms with E-state index < -0.39 is 0 Å². The van der Waals surface area contributed by atoms with Gasteiger partial charge in [-0.05, 0) is 12.8 Å². The Labute approximate surface area is 107 Å². The van der Waals surface area contributed by atoms with Crippen molar-refractivity contribution in [2.45, 2.75) is 25.7 Å². The van der Waals surface area contributed by atoms with Gasteiger partial charge in [-0.3, -0.25) is 9.59 Å². The first-order chi connectivity index (χ1) is 8.74. The number of esters is 1. The fourth-order valence-electron chi connectivity index (χ4n) is 2.69. The summed E-state index contributed by atoms with van der Waals surface area (Å²) in [5.74, 6) is -0.653. The van der Waals surface area contributed by atoms with Crippen LogP contribution >= 0.6 is 0 Å². The van der Waals surface area contributed by atoms with Crippen molar-refractivity contribution in [2.24, 2.45) is 11.8 Å². The number of carbonyl (C=O) groups excluding carboxylic acids is 2. The molecule has 1 fully saturated rings. The minimum atomic E-state index is -0.267. The molecule has 18 heavy (non-hydrogen) atoms. The zero-order valence-electron chi connectivity index (χ0n) is 10.6. The third kappa shape index (κ3) is 2.61. The van der Waals surface area contributed by atoms with Gasteiger partial charge in [0.05, 0.1) is 13.0 Å². The SMILES string of the molecule is COC(=O)[C@H]1CCCC[C@H]1C(=O)c1ccccc1. The number of carbonyl (C=O) groups is 2. The highest BCUT2D eigenvalue weighted by molar-refractivity contribution is 6.00. The third-order valence-corrected chi connectivity index (χ3v) is 3.66. The number of methoxy groups -OCH3 is 1. The van der Waals surface area contributed by atoms with Crippen molar-refractivity contribution < 1.29 is 14.3 Å². The van der Waals surface area contributed by atoms with Crippen LogP contribution in [-0.4, -0.2) is 18.9 Å². The summed E-state index contributed by atoms with van der Waals surface area (Å²) in [5, 5.41) is 0. The summed E-state index contributed by atoms with van der Waals surface area (Å²) in [6.07, 6.45) is 3.55. The Bertz CT molecular complexity index is 425. The van der Waals surface area contributed by atoms with Crippen LogP contribution < -0.4 is 0 Å². The standard InChI is InChI=1S/C15H18O3/c1-18-15(17)13-10-6-5-9-12(13)14(16)11-7-3-2-4-8-11/h2-4,7-8,12-13H,5-6,9-10H2,1H3/t12-,13+/m1/s1. The smallest absolute Gasteiger partial charge is 0.309 e. The highest BCUT2D eigenvalue weighted by Crippen LogP contribution is 2.33. The number of hydrogen-bond acceptors (Lipinski definition) is 3. The van der Waals surface area contributed by atoms with E-state index in [1.807, 2.05) is 30.3 Å². The van der Waals surface area contributed by atoms with Crippen LogP contribution in [0.2, 0.25) is 0 Å². The molecule has 0 unspecified atom stereocenters. The minimum absolute atomic E-state index is 0.0747. The van der Waals surface area contributed by atoms with E-state index in [4.69, 9.17) is 4.74 Å². The van der Waals surface area contributed by atoms with Gasteiger partial charge in [0.2, 0.25) is 0 Å². The monoisotopic (exact) mass is 246 g/mol. The van der Waals surface area contributed by atoms with E-state index >= 15 is 0 Å². The summed E-state index contributed by atoms with van der Waals surface area (Å²) >= 11 is 0. The van der Waals surface area contributed by atoms with E-state index in [-0.39, 0.29) is 23.6 Å². The molecule has 0 bridgehead atoms. The molecule has 3 nitrogen and oxygen atoms in total. The van der Waals surface area contributed by atoms with Gasteiger partial charge in [-0.25, -0.2) is 0 Å². The summed E-state index contributed by atoms with van der Waals surface area (Å²) in [7, 11) is 1.39. The second kappa shape index (κ2) is 5.80. The first kappa shape index (κ1) is 12.8. The molecule has 2 atom stereocenters. The second-order valence-electron chi connectivity index (χ2n) is 4.75. The van der Waals surface area contributed by atoms with Gasteiger partial charge in [-0.15, -0.1) is 0 Å². The normalized spacial score (nSPS) is 23.4. The lowest BCUT2D eigenvalue weighted by Gasteiger charge is -2.28. The van der Waals surface area contributed by atoms with Gasteiger partial charge >= 0.3 is 5.97 Å². The number of Topliss-reactive ketones (excluding diaryl/α,β-unsaturated/α-hetero) is 1. The average Bonchev–Trinajstić information content (AvgIpc) is 2.46. The van der Waals surface area contributed by atoms with E-state index in [1.54, 1.807) is 0 Å². The first-order valence-corrected chi connectivity index (χ1v) is 6.41. The highest BCUT2D eigenvalue weighted by atomic mass is 16.5. The van der Waals surface area contributed by atoms with Crippen LogP contribution in [0.1, 0.15) is 36.0 Å². The summed E-state index contributed by atoms with van der Waals surface area (Å²) in [6, 6.07) is 9.21. The lowest BCUT2D eigenvalue weighted by atomic mass is 9.75. The Hall–Kier alpha value is -1.64. The maximum Gasteiger partial charge on any atom is 0.309 e. The van der Waals surface area contributed by atoms with E-state index in [0.717, 1.165) is 25.7 Å². The molecule has 0 saturated heterocycles. The van der Waals surface area contributed by atoms with Gasteiger partial charge in [-0.2, -0.15) is 0 Å². The largest absolute Gasteiger partial charge is 0.469 e. The van der Waals surface area contributed by atoms with Crippen molar-refractivity contribution in [1.82, 2.24) is 0 Å². The Morgan fingerprint density at radius 1 is 1.06 bits per heavy atom. The molecule has 0 spiro atoms. The quantitative estimate of drug-likeness (QED) is 0.608. The number of benzene rings is 1. The van der Waals surface area contributed by atoms with Gasteiger partial charge in [0.1, 0.15) is 0 Å². The summed E-state index contributed by atoms with van der Waals surface area (Å²) in [6.45, 7) is 0. The van der Waals surface area contributed by atoms with E-state index in [9.17, 15) is 9.59 Å². The Morgan fingerprint density at radius 3 is 2.28 bits per heavy atom. The molecular formula is C15H18O3.